The average Bonchev–Trinajstić information content (AvgIpc) is 2.39. The molecule has 17 heavy (non-hydrogen) atoms. The summed E-state index contributed by atoms with van der Waals surface area (Å²) in [6.07, 6.45) is 5.24. The molecule has 0 radical (unpaired) electrons. The van der Waals surface area contributed by atoms with Crippen molar-refractivity contribution in [1.82, 2.24) is 20.2 Å². The fourth-order valence-electron chi connectivity index (χ4n) is 1.49. The maximum absolute atomic E-state index is 4.22. The van der Waals surface area contributed by atoms with Gasteiger partial charge in [0.15, 0.2) is 0 Å². The van der Waals surface area contributed by atoms with Gasteiger partial charge in [0.05, 0.1) is 6.20 Å². The van der Waals surface area contributed by atoms with Crippen LogP contribution in [0.2, 0.25) is 0 Å². The van der Waals surface area contributed by atoms with Crippen molar-refractivity contribution in [3.05, 3.63) is 18.6 Å². The molecule has 0 aromatic carbocycles. The van der Waals surface area contributed by atoms with E-state index in [2.05, 4.69) is 34.0 Å². The number of thioether (sulfide) groups is 1. The predicted octanol–water partition coefficient (Wildman–Crippen LogP) is 1.50. The highest BCUT2D eigenvalue weighted by Crippen LogP contribution is 2.11. The van der Waals surface area contributed by atoms with E-state index in [4.69, 9.17) is 0 Å². The van der Waals surface area contributed by atoms with Crippen LogP contribution in [-0.4, -0.2) is 53.3 Å². The Kier molecular flexibility index (Phi) is 7.96. The molecule has 0 unspecified atom stereocenters. The van der Waals surface area contributed by atoms with Crippen molar-refractivity contribution < 1.29 is 0 Å². The Balaban J connectivity index is 1.98. The number of nitrogens with zero attached hydrogens (tertiary/aromatic N) is 3. The molecule has 4 nitrogen and oxygen atoms in total. The summed E-state index contributed by atoms with van der Waals surface area (Å²) in [5, 5.41) is 4.44. The molecule has 0 aliphatic rings. The summed E-state index contributed by atoms with van der Waals surface area (Å²) in [4.78, 5) is 10.7. The van der Waals surface area contributed by atoms with Crippen LogP contribution < -0.4 is 5.32 Å². The van der Waals surface area contributed by atoms with Gasteiger partial charge in [-0.2, -0.15) is 0 Å². The van der Waals surface area contributed by atoms with Crippen LogP contribution in [0, 0.1) is 0 Å². The Morgan fingerprint density at radius 3 is 2.71 bits per heavy atom. The predicted molar refractivity (Wildman–Crippen MR) is 73.4 cm³/mol. The van der Waals surface area contributed by atoms with Crippen molar-refractivity contribution >= 4 is 11.8 Å². The summed E-state index contributed by atoms with van der Waals surface area (Å²) in [5.41, 5.74) is 0. The van der Waals surface area contributed by atoms with E-state index in [1.807, 2.05) is 0 Å². The average molecular weight is 254 g/mol. The third kappa shape index (κ3) is 6.61. The smallest absolute Gasteiger partial charge is 0.114 e. The highest BCUT2D eigenvalue weighted by Gasteiger charge is 1.98. The van der Waals surface area contributed by atoms with Gasteiger partial charge < -0.3 is 10.2 Å². The van der Waals surface area contributed by atoms with Crippen LogP contribution in [-0.2, 0) is 0 Å². The Hall–Kier alpha value is -0.650. The minimum atomic E-state index is 0.998. The van der Waals surface area contributed by atoms with Crippen LogP contribution in [0.3, 0.4) is 0 Å². The maximum atomic E-state index is 4.22. The van der Waals surface area contributed by atoms with Gasteiger partial charge in [-0.05, 0) is 13.1 Å². The fraction of sp³-hybridized carbons (Fsp3) is 0.667. The Morgan fingerprint density at radius 1 is 1.24 bits per heavy atom. The largest absolute Gasteiger partial charge is 0.315 e. The zero-order valence-corrected chi connectivity index (χ0v) is 11.5. The number of hydrogen-bond acceptors (Lipinski definition) is 5. The van der Waals surface area contributed by atoms with E-state index in [-0.39, 0.29) is 0 Å². The second kappa shape index (κ2) is 9.39. The molecule has 1 rings (SSSR count). The van der Waals surface area contributed by atoms with Crippen molar-refractivity contribution in [1.29, 1.82) is 0 Å². The van der Waals surface area contributed by atoms with Gasteiger partial charge in [0.2, 0.25) is 0 Å². The van der Waals surface area contributed by atoms with E-state index < -0.39 is 0 Å². The normalized spacial score (nSPS) is 11.0. The second-order valence-corrected chi connectivity index (χ2v) is 4.78. The quantitative estimate of drug-likeness (QED) is 0.534. The van der Waals surface area contributed by atoms with Gasteiger partial charge in [0.25, 0.3) is 0 Å². The monoisotopic (exact) mass is 254 g/mol. The lowest BCUT2D eigenvalue weighted by Gasteiger charge is -2.17. The van der Waals surface area contributed by atoms with Gasteiger partial charge >= 0.3 is 0 Å². The molecule has 0 atom stereocenters. The van der Waals surface area contributed by atoms with Gasteiger partial charge in [0.1, 0.15) is 5.03 Å². The van der Waals surface area contributed by atoms with E-state index in [1.165, 1.54) is 0 Å². The van der Waals surface area contributed by atoms with Crippen LogP contribution in [0.25, 0.3) is 0 Å². The van der Waals surface area contributed by atoms with E-state index in [9.17, 15) is 0 Å². The molecule has 0 aliphatic carbocycles. The lowest BCUT2D eigenvalue weighted by atomic mass is 10.4. The van der Waals surface area contributed by atoms with Gasteiger partial charge in [-0.1, -0.05) is 13.8 Å². The minimum absolute atomic E-state index is 0.998. The molecule has 1 N–H and O–H groups in total. The van der Waals surface area contributed by atoms with Crippen molar-refractivity contribution in [2.75, 3.05) is 38.5 Å². The van der Waals surface area contributed by atoms with Crippen LogP contribution in [0.5, 0.6) is 0 Å². The topological polar surface area (TPSA) is 41.0 Å². The number of nitrogens with one attached hydrogen (secondary N) is 1. The number of hydrogen-bond donors (Lipinski definition) is 1. The molecule has 1 aromatic heterocycles. The Bertz CT molecular complexity index is 277. The molecule has 0 aliphatic heterocycles. The van der Waals surface area contributed by atoms with E-state index >= 15 is 0 Å². The van der Waals surface area contributed by atoms with Crippen molar-refractivity contribution in [2.45, 2.75) is 18.9 Å². The first kappa shape index (κ1) is 14.4. The molecule has 1 aromatic rings. The Labute approximate surface area is 108 Å². The highest BCUT2D eigenvalue weighted by atomic mass is 32.2. The van der Waals surface area contributed by atoms with Crippen LogP contribution in [0.15, 0.2) is 23.6 Å². The van der Waals surface area contributed by atoms with Gasteiger partial charge in [-0.15, -0.1) is 11.8 Å². The number of aromatic nitrogens is 2. The summed E-state index contributed by atoms with van der Waals surface area (Å²) < 4.78 is 0. The molecule has 0 fully saturated rings. The van der Waals surface area contributed by atoms with E-state index in [1.54, 1.807) is 30.4 Å². The first-order chi connectivity index (χ1) is 8.36. The molecule has 0 spiro atoms. The Morgan fingerprint density at radius 2 is 2.06 bits per heavy atom. The van der Waals surface area contributed by atoms with Crippen molar-refractivity contribution in [3.8, 4) is 0 Å². The van der Waals surface area contributed by atoms with Gasteiger partial charge in [0, 0.05) is 37.8 Å². The summed E-state index contributed by atoms with van der Waals surface area (Å²) >= 11 is 1.74. The lowest BCUT2D eigenvalue weighted by Crippen LogP contribution is -2.32. The number of likely N-dealkylation sites (N-methyl/N-ethyl adjacent to an activating group) is 1. The summed E-state index contributed by atoms with van der Waals surface area (Å²) in [6.45, 7) is 9.87. The number of rotatable bonds is 9. The summed E-state index contributed by atoms with van der Waals surface area (Å²) in [5.74, 6) is 1.04. The molecule has 0 amide bonds. The van der Waals surface area contributed by atoms with Crippen LogP contribution in [0.4, 0.5) is 0 Å². The molecular formula is C12H22N4S. The zero-order chi connectivity index (χ0) is 12.3. The maximum Gasteiger partial charge on any atom is 0.114 e. The van der Waals surface area contributed by atoms with Crippen molar-refractivity contribution in [3.63, 3.8) is 0 Å². The first-order valence-corrected chi connectivity index (χ1v) is 7.17. The third-order valence-corrected chi connectivity index (χ3v) is 3.48. The summed E-state index contributed by atoms with van der Waals surface area (Å²) in [7, 11) is 0. The summed E-state index contributed by atoms with van der Waals surface area (Å²) in [6, 6.07) is 0. The second-order valence-electron chi connectivity index (χ2n) is 3.67. The SMILES string of the molecule is CCN(CC)CCNCCSc1cnccn1. The molecule has 96 valence electrons. The van der Waals surface area contributed by atoms with Crippen molar-refractivity contribution in [2.24, 2.45) is 0 Å². The van der Waals surface area contributed by atoms with E-state index in [0.717, 1.165) is 43.5 Å². The minimum Gasteiger partial charge on any atom is -0.315 e. The van der Waals surface area contributed by atoms with Gasteiger partial charge in [-0.3, -0.25) is 4.98 Å². The molecule has 0 bridgehead atoms. The molecule has 0 saturated carbocycles. The van der Waals surface area contributed by atoms with E-state index in [0.29, 0.717) is 0 Å². The fourth-order valence-corrected chi connectivity index (χ4v) is 2.22. The molecule has 5 heteroatoms. The standard InChI is InChI=1S/C12H22N4S/c1-3-16(4-2)9-7-13-8-10-17-12-11-14-5-6-15-12/h5-6,11,13H,3-4,7-10H2,1-2H3. The van der Waals surface area contributed by atoms with Crippen LogP contribution >= 0.6 is 11.8 Å². The zero-order valence-electron chi connectivity index (χ0n) is 10.7. The molecule has 0 saturated heterocycles. The lowest BCUT2D eigenvalue weighted by molar-refractivity contribution is 0.303. The van der Waals surface area contributed by atoms with Crippen LogP contribution in [0.1, 0.15) is 13.8 Å². The first-order valence-electron chi connectivity index (χ1n) is 6.18. The molecular weight excluding hydrogens is 232 g/mol. The van der Waals surface area contributed by atoms with Gasteiger partial charge in [-0.25, -0.2) is 4.98 Å². The molecule has 1 heterocycles. The highest BCUT2D eigenvalue weighted by molar-refractivity contribution is 7.99. The third-order valence-electron chi connectivity index (χ3n) is 2.57.